The van der Waals surface area contributed by atoms with Crippen molar-refractivity contribution < 1.29 is 14.4 Å². The summed E-state index contributed by atoms with van der Waals surface area (Å²) in [6, 6.07) is 19.0. The molecule has 0 aliphatic rings. The van der Waals surface area contributed by atoms with Gasteiger partial charge in [0.2, 0.25) is 14.2 Å². The van der Waals surface area contributed by atoms with Crippen molar-refractivity contribution in [2.45, 2.75) is 44.9 Å². The van der Waals surface area contributed by atoms with Gasteiger partial charge in [0.05, 0.1) is 0 Å². The highest BCUT2D eigenvalue weighted by molar-refractivity contribution is 6.73. The molecule has 0 fully saturated rings. The molecule has 3 atom stereocenters. The lowest BCUT2D eigenvalue weighted by atomic mass is 10.0. The second-order valence-corrected chi connectivity index (χ2v) is 12.2. The highest BCUT2D eigenvalue weighted by atomic mass is 28.4. The minimum atomic E-state index is -3.00. The first kappa shape index (κ1) is 22.8. The highest BCUT2D eigenvalue weighted by Crippen LogP contribution is 2.25. The van der Waals surface area contributed by atoms with Crippen LogP contribution < -0.4 is 11.1 Å². The van der Waals surface area contributed by atoms with Crippen molar-refractivity contribution in [3.63, 3.8) is 0 Å². The zero-order chi connectivity index (χ0) is 21.4. The molecule has 0 saturated heterocycles. The summed E-state index contributed by atoms with van der Waals surface area (Å²) in [6.07, 6.45) is 1.13. The maximum atomic E-state index is 12.7. The van der Waals surface area contributed by atoms with Crippen molar-refractivity contribution in [3.8, 4) is 0 Å². The molecule has 2 aromatic rings. The van der Waals surface area contributed by atoms with Gasteiger partial charge >= 0.3 is 0 Å². The predicted octanol–water partition coefficient (Wildman–Crippen LogP) is 3.28. The molecular formula is C23H32N2O3Si. The van der Waals surface area contributed by atoms with Gasteiger partial charge in [-0.1, -0.05) is 62.4 Å². The Labute approximate surface area is 174 Å². The molecule has 0 aromatic heterocycles. The van der Waals surface area contributed by atoms with E-state index in [2.05, 4.69) is 19.2 Å². The second kappa shape index (κ2) is 10.4. The minimum Gasteiger partial charge on any atom is -0.430 e. The number of carbonyl (C=O) groups is 2. The van der Waals surface area contributed by atoms with Crippen molar-refractivity contribution in [3.05, 3.63) is 71.8 Å². The monoisotopic (exact) mass is 412 g/mol. The Morgan fingerprint density at radius 1 is 1.03 bits per heavy atom. The van der Waals surface area contributed by atoms with Crippen LogP contribution in [0.1, 0.15) is 36.2 Å². The Hall–Kier alpha value is -2.44. The molecule has 5 nitrogen and oxygen atoms in total. The first-order chi connectivity index (χ1) is 13.7. The molecule has 156 valence electrons. The van der Waals surface area contributed by atoms with Crippen LogP contribution in [-0.2, 0) is 11.2 Å². The molecule has 0 spiro atoms. The zero-order valence-corrected chi connectivity index (χ0v) is 18.5. The van der Waals surface area contributed by atoms with Gasteiger partial charge in [-0.25, -0.2) is 0 Å². The number of primary amides is 1. The first-order valence-electron chi connectivity index (χ1n) is 10.1. The molecule has 2 amide bonds. The maximum Gasteiger partial charge on any atom is 0.251 e. The Morgan fingerprint density at radius 3 is 2.10 bits per heavy atom. The third kappa shape index (κ3) is 7.14. The number of benzene rings is 2. The molecule has 0 radical (unpaired) electrons. The van der Waals surface area contributed by atoms with Gasteiger partial charge in [0.25, 0.3) is 5.91 Å². The lowest BCUT2D eigenvalue weighted by molar-refractivity contribution is -0.121. The smallest absolute Gasteiger partial charge is 0.251 e. The van der Waals surface area contributed by atoms with Crippen LogP contribution in [0.25, 0.3) is 0 Å². The van der Waals surface area contributed by atoms with Gasteiger partial charge in [-0.15, -0.1) is 0 Å². The quantitative estimate of drug-likeness (QED) is 0.523. The average Bonchev–Trinajstić information content (AvgIpc) is 2.68. The summed E-state index contributed by atoms with van der Waals surface area (Å²) in [5, 5.41) is 3.03. The van der Waals surface area contributed by atoms with E-state index in [1.165, 1.54) is 0 Å². The predicted molar refractivity (Wildman–Crippen MR) is 119 cm³/mol. The molecule has 29 heavy (non-hydrogen) atoms. The first-order valence-corrected chi connectivity index (χ1v) is 12.8. The molecule has 0 saturated carbocycles. The third-order valence-electron chi connectivity index (χ3n) is 5.19. The number of nitrogens with one attached hydrogen (secondary N) is 1. The van der Waals surface area contributed by atoms with Crippen molar-refractivity contribution in [1.29, 1.82) is 0 Å². The maximum absolute atomic E-state index is 12.7. The highest BCUT2D eigenvalue weighted by Gasteiger charge is 2.40. The lowest BCUT2D eigenvalue weighted by Crippen LogP contribution is -2.57. The largest absolute Gasteiger partial charge is 0.430 e. The minimum absolute atomic E-state index is 0.206. The van der Waals surface area contributed by atoms with Crippen molar-refractivity contribution >= 4 is 20.1 Å². The van der Waals surface area contributed by atoms with E-state index in [4.69, 9.17) is 5.73 Å². The number of rotatable bonds is 10. The van der Waals surface area contributed by atoms with Gasteiger partial charge < -0.3 is 15.8 Å². The molecule has 0 bridgehead atoms. The second-order valence-electron chi connectivity index (χ2n) is 8.37. The SMILES string of the molecule is CC(C)CC(NC(=O)c1ccccc1)[Si](C)(O)CC(Cc1ccccc1)C(N)=O. The zero-order valence-electron chi connectivity index (χ0n) is 17.5. The molecule has 0 aliphatic heterocycles. The molecule has 2 aromatic carbocycles. The Kier molecular flexibility index (Phi) is 8.17. The van der Waals surface area contributed by atoms with Crippen LogP contribution in [0.4, 0.5) is 0 Å². The van der Waals surface area contributed by atoms with E-state index in [-0.39, 0.29) is 17.5 Å². The summed E-state index contributed by atoms with van der Waals surface area (Å²) >= 11 is 0. The summed E-state index contributed by atoms with van der Waals surface area (Å²) in [6.45, 7) is 5.93. The van der Waals surface area contributed by atoms with Crippen LogP contribution in [0, 0.1) is 11.8 Å². The van der Waals surface area contributed by atoms with E-state index >= 15 is 0 Å². The van der Waals surface area contributed by atoms with E-state index in [0.717, 1.165) is 5.56 Å². The van der Waals surface area contributed by atoms with Crippen LogP contribution in [0.2, 0.25) is 12.6 Å². The molecule has 0 aliphatic carbocycles. The van der Waals surface area contributed by atoms with Crippen LogP contribution in [0.3, 0.4) is 0 Å². The molecular weight excluding hydrogens is 380 g/mol. The number of carbonyl (C=O) groups excluding carboxylic acids is 2. The summed E-state index contributed by atoms with van der Waals surface area (Å²) in [4.78, 5) is 36.3. The fourth-order valence-corrected chi connectivity index (χ4v) is 6.63. The molecule has 0 heterocycles. The number of hydrogen-bond donors (Lipinski definition) is 3. The van der Waals surface area contributed by atoms with Gasteiger partial charge in [0.15, 0.2) is 0 Å². The van der Waals surface area contributed by atoms with Gasteiger partial charge in [-0.05, 0) is 49.0 Å². The molecule has 6 heteroatoms. The topological polar surface area (TPSA) is 92.4 Å². The van der Waals surface area contributed by atoms with E-state index in [9.17, 15) is 14.4 Å². The standard InChI is InChI=1S/C23H32N2O3Si/c1-17(2)14-21(25-23(27)19-12-8-5-9-13-19)29(3,28)16-20(22(24)26)15-18-10-6-4-7-11-18/h4-13,17,20-21,28H,14-16H2,1-3H3,(H2,24,26)(H,25,27). The normalized spacial score (nSPS) is 15.3. The third-order valence-corrected chi connectivity index (χ3v) is 8.39. The van der Waals surface area contributed by atoms with Crippen LogP contribution in [0.15, 0.2) is 60.7 Å². The van der Waals surface area contributed by atoms with Gasteiger partial charge in [-0.2, -0.15) is 0 Å². The Morgan fingerprint density at radius 2 is 1.59 bits per heavy atom. The fraction of sp³-hybridized carbons (Fsp3) is 0.391. The summed E-state index contributed by atoms with van der Waals surface area (Å²) < 4.78 is 0. The van der Waals surface area contributed by atoms with Crippen molar-refractivity contribution in [2.75, 3.05) is 0 Å². The van der Waals surface area contributed by atoms with Gasteiger partial charge in [-0.3, -0.25) is 9.59 Å². The lowest BCUT2D eigenvalue weighted by Gasteiger charge is -2.34. The van der Waals surface area contributed by atoms with Crippen LogP contribution in [-0.4, -0.2) is 30.6 Å². The fourth-order valence-electron chi connectivity index (χ4n) is 3.58. The van der Waals surface area contributed by atoms with Crippen LogP contribution >= 0.6 is 0 Å². The molecule has 4 N–H and O–H groups in total. The molecule has 3 unspecified atom stereocenters. The average molecular weight is 413 g/mol. The van der Waals surface area contributed by atoms with Crippen LogP contribution in [0.5, 0.6) is 0 Å². The Balaban J connectivity index is 2.18. The van der Waals surface area contributed by atoms with Crippen molar-refractivity contribution in [1.82, 2.24) is 5.32 Å². The Bertz CT molecular complexity index is 794. The van der Waals surface area contributed by atoms with E-state index in [1.807, 2.05) is 55.1 Å². The van der Waals surface area contributed by atoms with E-state index in [1.54, 1.807) is 12.1 Å². The number of amides is 2. The molecule has 2 rings (SSSR count). The van der Waals surface area contributed by atoms with E-state index in [0.29, 0.717) is 24.4 Å². The number of nitrogens with two attached hydrogens (primary N) is 1. The van der Waals surface area contributed by atoms with Gasteiger partial charge in [0, 0.05) is 17.1 Å². The number of hydrogen-bond acceptors (Lipinski definition) is 3. The summed E-state index contributed by atoms with van der Waals surface area (Å²) in [5.74, 6) is -0.805. The summed E-state index contributed by atoms with van der Waals surface area (Å²) in [7, 11) is -3.00. The van der Waals surface area contributed by atoms with Crippen molar-refractivity contribution in [2.24, 2.45) is 17.6 Å². The summed E-state index contributed by atoms with van der Waals surface area (Å²) in [5.41, 5.74) is 6.87. The van der Waals surface area contributed by atoms with E-state index < -0.39 is 20.1 Å². The van der Waals surface area contributed by atoms with Gasteiger partial charge in [0.1, 0.15) is 0 Å².